The molecule has 1 fully saturated rings. The van der Waals surface area contributed by atoms with Crippen molar-refractivity contribution in [1.82, 2.24) is 0 Å². The Morgan fingerprint density at radius 2 is 2.00 bits per heavy atom. The van der Waals surface area contributed by atoms with Gasteiger partial charge in [-0.05, 0) is 6.92 Å². The fourth-order valence-corrected chi connectivity index (χ4v) is 3.27. The van der Waals surface area contributed by atoms with Crippen LogP contribution in [0, 0.1) is 0 Å². The average Bonchev–Trinajstić information content (AvgIpc) is 2.10. The zero-order valence-corrected chi connectivity index (χ0v) is 9.93. The maximum atomic E-state index is 11.1. The van der Waals surface area contributed by atoms with E-state index in [9.17, 15) is 24.0 Å². The molecule has 0 amide bonds. The van der Waals surface area contributed by atoms with Gasteiger partial charge in [0.2, 0.25) is 0 Å². The Labute approximate surface area is 90.8 Å². The van der Waals surface area contributed by atoms with Gasteiger partial charge in [0, 0.05) is 0 Å². The molecular formula is C5H10O9P2-2. The molecule has 0 aromatic heterocycles. The third kappa shape index (κ3) is 3.33. The molecule has 11 heteroatoms. The fraction of sp³-hybridized carbons (Fsp3) is 1.00. The minimum absolute atomic E-state index is 0.780. The highest BCUT2D eigenvalue weighted by Crippen LogP contribution is 2.59. The van der Waals surface area contributed by atoms with E-state index in [0.29, 0.717) is 0 Å². The Balaban J connectivity index is 3.01. The van der Waals surface area contributed by atoms with Crippen LogP contribution in [0.15, 0.2) is 0 Å². The van der Waals surface area contributed by atoms with Gasteiger partial charge in [-0.3, -0.25) is 9.13 Å². The van der Waals surface area contributed by atoms with E-state index in [-0.39, 0.29) is 0 Å². The van der Waals surface area contributed by atoms with Crippen molar-refractivity contribution in [3.05, 3.63) is 0 Å². The molecule has 1 aliphatic heterocycles. The molecule has 2 N–H and O–H groups in total. The highest BCUT2D eigenvalue weighted by atomic mass is 31.3. The van der Waals surface area contributed by atoms with Crippen molar-refractivity contribution in [2.75, 3.05) is 13.2 Å². The molecule has 1 aliphatic rings. The van der Waals surface area contributed by atoms with Crippen molar-refractivity contribution in [2.24, 2.45) is 0 Å². The van der Waals surface area contributed by atoms with E-state index in [1.807, 2.05) is 0 Å². The smallest absolute Gasteiger partial charge is 0.275 e. The van der Waals surface area contributed by atoms with Gasteiger partial charge < -0.3 is 29.0 Å². The standard InChI is InChI=1S/C5H12O9P2/c1-5(3-6)4(7)2-12-15(8,9)14-16(10,11)13-5/h4,6-7H,2-3H2,1H3,(H,8,9)(H,10,11)/p-2. The van der Waals surface area contributed by atoms with Crippen molar-refractivity contribution in [3.63, 3.8) is 0 Å². The Morgan fingerprint density at radius 1 is 1.44 bits per heavy atom. The second-order valence-corrected chi connectivity index (χ2v) is 6.23. The summed E-state index contributed by atoms with van der Waals surface area (Å²) in [4.78, 5) is 21.9. The second kappa shape index (κ2) is 4.45. The van der Waals surface area contributed by atoms with Gasteiger partial charge in [-0.1, -0.05) is 0 Å². The Hall–Kier alpha value is 0.180. The van der Waals surface area contributed by atoms with Crippen LogP contribution in [0.3, 0.4) is 0 Å². The quantitative estimate of drug-likeness (QED) is 0.523. The van der Waals surface area contributed by atoms with Gasteiger partial charge in [-0.15, -0.1) is 0 Å². The third-order valence-corrected chi connectivity index (χ3v) is 4.64. The summed E-state index contributed by atoms with van der Waals surface area (Å²) in [5.41, 5.74) is -1.92. The van der Waals surface area contributed by atoms with Crippen LogP contribution in [-0.2, 0) is 22.5 Å². The molecule has 1 rings (SSSR count). The third-order valence-electron chi connectivity index (χ3n) is 1.93. The van der Waals surface area contributed by atoms with Crippen LogP contribution in [0.25, 0.3) is 0 Å². The number of aliphatic hydroxyl groups excluding tert-OH is 2. The van der Waals surface area contributed by atoms with Gasteiger partial charge in [0.15, 0.2) is 0 Å². The van der Waals surface area contributed by atoms with Gasteiger partial charge in [-0.25, -0.2) is 4.31 Å². The van der Waals surface area contributed by atoms with E-state index in [4.69, 9.17) is 5.11 Å². The zero-order valence-electron chi connectivity index (χ0n) is 8.14. The molecule has 96 valence electrons. The van der Waals surface area contributed by atoms with Crippen LogP contribution in [0.1, 0.15) is 6.92 Å². The van der Waals surface area contributed by atoms with E-state index < -0.39 is 40.6 Å². The van der Waals surface area contributed by atoms with Crippen LogP contribution < -0.4 is 9.79 Å². The maximum absolute atomic E-state index is 11.1. The maximum Gasteiger partial charge on any atom is 0.275 e. The SMILES string of the molecule is CC1(CO)OP(=O)([O-])OP(=O)([O-])OCC1O. The summed E-state index contributed by atoms with van der Waals surface area (Å²) in [6.07, 6.45) is -1.65. The van der Waals surface area contributed by atoms with E-state index in [0.717, 1.165) is 6.92 Å². The summed E-state index contributed by atoms with van der Waals surface area (Å²) in [6.45, 7) is -0.579. The van der Waals surface area contributed by atoms with Gasteiger partial charge in [0.05, 0.1) is 13.2 Å². The minimum atomic E-state index is -5.23. The minimum Gasteiger partial charge on any atom is -0.756 e. The second-order valence-electron chi connectivity index (χ2n) is 3.35. The summed E-state index contributed by atoms with van der Waals surface area (Å²) < 4.78 is 33.9. The van der Waals surface area contributed by atoms with Crippen LogP contribution >= 0.6 is 15.6 Å². The molecule has 4 unspecified atom stereocenters. The van der Waals surface area contributed by atoms with Crippen LogP contribution in [0.5, 0.6) is 0 Å². The molecule has 0 aliphatic carbocycles. The molecule has 4 atom stereocenters. The molecular weight excluding hydrogens is 266 g/mol. The Bertz CT molecular complexity index is 356. The van der Waals surface area contributed by atoms with Gasteiger partial charge in [0.25, 0.3) is 15.6 Å². The normalized spacial score (nSPS) is 50.7. The van der Waals surface area contributed by atoms with E-state index in [1.54, 1.807) is 0 Å². The van der Waals surface area contributed by atoms with Crippen molar-refractivity contribution < 1.29 is 42.5 Å². The first kappa shape index (κ1) is 14.2. The van der Waals surface area contributed by atoms with Gasteiger partial charge in [-0.2, -0.15) is 0 Å². The van der Waals surface area contributed by atoms with Crippen molar-refractivity contribution >= 4 is 15.6 Å². The molecule has 0 aromatic rings. The Kier molecular flexibility index (Phi) is 3.96. The lowest BCUT2D eigenvalue weighted by molar-refractivity contribution is -0.265. The van der Waals surface area contributed by atoms with Gasteiger partial charge >= 0.3 is 0 Å². The van der Waals surface area contributed by atoms with Crippen molar-refractivity contribution in [3.8, 4) is 0 Å². The number of phosphoric ester groups is 2. The highest BCUT2D eigenvalue weighted by molar-refractivity contribution is 7.59. The molecule has 1 heterocycles. The number of rotatable bonds is 1. The summed E-state index contributed by atoms with van der Waals surface area (Å²) in [7, 11) is -10.3. The molecule has 1 saturated heterocycles. The first-order chi connectivity index (χ1) is 7.10. The fourth-order valence-electron chi connectivity index (χ4n) is 0.951. The van der Waals surface area contributed by atoms with E-state index >= 15 is 0 Å². The molecule has 9 nitrogen and oxygen atoms in total. The predicted octanol–water partition coefficient (Wildman–Crippen LogP) is -1.90. The number of hydrogen-bond acceptors (Lipinski definition) is 9. The lowest BCUT2D eigenvalue weighted by Crippen LogP contribution is -2.49. The number of phosphoric acid groups is 2. The van der Waals surface area contributed by atoms with Crippen LogP contribution in [0.2, 0.25) is 0 Å². The monoisotopic (exact) mass is 276 g/mol. The molecule has 16 heavy (non-hydrogen) atoms. The van der Waals surface area contributed by atoms with E-state index in [2.05, 4.69) is 13.4 Å². The summed E-state index contributed by atoms with van der Waals surface area (Å²) in [6, 6.07) is 0. The summed E-state index contributed by atoms with van der Waals surface area (Å²) >= 11 is 0. The lowest BCUT2D eigenvalue weighted by atomic mass is 10.0. The molecule has 0 radical (unpaired) electrons. The number of hydrogen-bond donors (Lipinski definition) is 2. The lowest BCUT2D eigenvalue weighted by Gasteiger charge is -2.42. The van der Waals surface area contributed by atoms with Crippen LogP contribution in [0.4, 0.5) is 0 Å². The summed E-state index contributed by atoms with van der Waals surface area (Å²) in [5.74, 6) is 0. The first-order valence-electron chi connectivity index (χ1n) is 4.08. The summed E-state index contributed by atoms with van der Waals surface area (Å²) in [5, 5.41) is 18.3. The molecule has 0 saturated carbocycles. The van der Waals surface area contributed by atoms with E-state index in [1.165, 1.54) is 0 Å². The van der Waals surface area contributed by atoms with Crippen LogP contribution in [-0.4, -0.2) is 35.1 Å². The largest absolute Gasteiger partial charge is 0.756 e. The molecule has 0 aromatic carbocycles. The van der Waals surface area contributed by atoms with Crippen molar-refractivity contribution in [1.29, 1.82) is 0 Å². The van der Waals surface area contributed by atoms with Crippen molar-refractivity contribution in [2.45, 2.75) is 18.6 Å². The first-order valence-corrected chi connectivity index (χ1v) is 7.00. The number of aliphatic hydroxyl groups is 2. The average molecular weight is 276 g/mol. The Morgan fingerprint density at radius 3 is 2.50 bits per heavy atom. The molecule has 0 bridgehead atoms. The highest BCUT2D eigenvalue weighted by Gasteiger charge is 2.41. The zero-order chi connectivity index (χ0) is 12.6. The van der Waals surface area contributed by atoms with Gasteiger partial charge in [0.1, 0.15) is 11.7 Å². The topological polar surface area (TPSA) is 148 Å². The molecule has 0 spiro atoms. The predicted molar refractivity (Wildman–Crippen MR) is 44.8 cm³/mol.